The topological polar surface area (TPSA) is 85.8 Å². The number of nitrogens with one attached hydrogen (secondary N) is 1. The molecular weight excluding hydrogens is 452 g/mol. The maximum Gasteiger partial charge on any atom is 0.229 e. The zero-order valence-electron chi connectivity index (χ0n) is 21.4. The van der Waals surface area contributed by atoms with Crippen molar-refractivity contribution in [2.24, 2.45) is 7.05 Å². The Bertz CT molecular complexity index is 1470. The third-order valence-corrected chi connectivity index (χ3v) is 8.19. The van der Waals surface area contributed by atoms with Crippen LogP contribution in [0.2, 0.25) is 0 Å². The highest BCUT2D eigenvalue weighted by Gasteiger charge is 2.42. The summed E-state index contributed by atoms with van der Waals surface area (Å²) in [7, 11) is 2.02. The second-order valence-electron chi connectivity index (χ2n) is 10.9. The number of fused-ring (bicyclic) bond motifs is 3. The monoisotopic (exact) mass is 486 g/mol. The lowest BCUT2D eigenvalue weighted by Gasteiger charge is -2.26. The van der Waals surface area contributed by atoms with Crippen LogP contribution in [0.4, 0.5) is 11.6 Å². The summed E-state index contributed by atoms with van der Waals surface area (Å²) in [6.45, 7) is 4.99. The third kappa shape index (κ3) is 3.50. The van der Waals surface area contributed by atoms with E-state index in [-0.39, 0.29) is 5.91 Å². The Kier molecular flexibility index (Phi) is 4.91. The standard InChI is InChI=1S/C27H34N8O/c1-4-33-20(14-23(36)34(17-8-9-17)18-10-11-18)13-21-25-24(28-15-32(25)3)26(30-27(21)33)29-22-12-16(2)35(31-22)19-6-5-7-19/h12-13,15,17-19H,4-11,14H2,1-3H3,(H,29,30,31). The molecule has 0 unspecified atom stereocenters. The summed E-state index contributed by atoms with van der Waals surface area (Å²) in [5.74, 6) is 1.77. The van der Waals surface area contributed by atoms with Gasteiger partial charge in [0.1, 0.15) is 11.2 Å². The van der Waals surface area contributed by atoms with Gasteiger partial charge in [0.25, 0.3) is 0 Å². The van der Waals surface area contributed by atoms with Crippen molar-refractivity contribution in [2.75, 3.05) is 5.32 Å². The normalized spacial score (nSPS) is 18.2. The van der Waals surface area contributed by atoms with Crippen LogP contribution in [0.25, 0.3) is 22.1 Å². The van der Waals surface area contributed by atoms with E-state index in [2.05, 4.69) is 50.0 Å². The average Bonchev–Trinajstić information content (AvgIpc) is 3.73. The van der Waals surface area contributed by atoms with E-state index in [4.69, 9.17) is 15.1 Å². The molecule has 4 aromatic rings. The molecule has 188 valence electrons. The molecule has 1 N–H and O–H groups in total. The predicted octanol–water partition coefficient (Wildman–Crippen LogP) is 4.61. The Morgan fingerprint density at radius 2 is 1.89 bits per heavy atom. The lowest BCUT2D eigenvalue weighted by atomic mass is 9.93. The van der Waals surface area contributed by atoms with E-state index in [1.165, 1.54) is 19.3 Å². The quantitative estimate of drug-likeness (QED) is 0.393. The smallest absolute Gasteiger partial charge is 0.229 e. The van der Waals surface area contributed by atoms with Crippen LogP contribution >= 0.6 is 0 Å². The molecule has 0 aliphatic heterocycles. The fraction of sp³-hybridized carbons (Fsp3) is 0.556. The molecule has 7 rings (SSSR count). The van der Waals surface area contributed by atoms with Crippen molar-refractivity contribution < 1.29 is 4.79 Å². The van der Waals surface area contributed by atoms with Crippen molar-refractivity contribution in [1.29, 1.82) is 0 Å². The van der Waals surface area contributed by atoms with E-state index >= 15 is 0 Å². The van der Waals surface area contributed by atoms with E-state index in [0.717, 1.165) is 71.5 Å². The number of hydrogen-bond acceptors (Lipinski definition) is 5. The van der Waals surface area contributed by atoms with Gasteiger partial charge in [-0.15, -0.1) is 0 Å². The van der Waals surface area contributed by atoms with E-state index in [0.29, 0.717) is 30.4 Å². The van der Waals surface area contributed by atoms with Gasteiger partial charge in [-0.05, 0) is 64.9 Å². The number of aryl methyl sites for hydroxylation is 3. The van der Waals surface area contributed by atoms with Gasteiger partial charge in [0.05, 0.1) is 24.3 Å². The zero-order valence-corrected chi connectivity index (χ0v) is 21.4. The van der Waals surface area contributed by atoms with Gasteiger partial charge in [-0.1, -0.05) is 0 Å². The number of carbonyl (C=O) groups excluding carboxylic acids is 1. The van der Waals surface area contributed by atoms with Crippen LogP contribution in [0, 0.1) is 6.92 Å². The summed E-state index contributed by atoms with van der Waals surface area (Å²) < 4.78 is 6.39. The molecule has 0 aromatic carbocycles. The first-order valence-electron chi connectivity index (χ1n) is 13.5. The molecule has 1 amide bonds. The van der Waals surface area contributed by atoms with Crippen molar-refractivity contribution in [3.8, 4) is 0 Å². The highest BCUT2D eigenvalue weighted by Crippen LogP contribution is 2.39. The van der Waals surface area contributed by atoms with Gasteiger partial charge in [-0.3, -0.25) is 9.48 Å². The van der Waals surface area contributed by atoms with Crippen molar-refractivity contribution in [3.05, 3.63) is 29.8 Å². The van der Waals surface area contributed by atoms with E-state index in [1.54, 1.807) is 0 Å². The van der Waals surface area contributed by atoms with Crippen LogP contribution < -0.4 is 5.32 Å². The third-order valence-electron chi connectivity index (χ3n) is 8.19. The molecule has 3 saturated carbocycles. The molecule has 4 aromatic heterocycles. The van der Waals surface area contributed by atoms with Gasteiger partial charge >= 0.3 is 0 Å². The summed E-state index contributed by atoms with van der Waals surface area (Å²) in [5.41, 5.74) is 4.93. The Morgan fingerprint density at radius 1 is 1.14 bits per heavy atom. The Balaban J connectivity index is 1.28. The number of imidazole rings is 1. The maximum atomic E-state index is 13.4. The molecule has 0 spiro atoms. The van der Waals surface area contributed by atoms with Crippen molar-refractivity contribution in [3.63, 3.8) is 0 Å². The molecule has 3 fully saturated rings. The van der Waals surface area contributed by atoms with Crippen molar-refractivity contribution in [1.82, 2.24) is 33.8 Å². The minimum Gasteiger partial charge on any atom is -0.336 e. The van der Waals surface area contributed by atoms with Gasteiger partial charge in [0.2, 0.25) is 5.91 Å². The van der Waals surface area contributed by atoms with Crippen LogP contribution in [0.1, 0.15) is 69.3 Å². The van der Waals surface area contributed by atoms with Crippen LogP contribution in [-0.4, -0.2) is 51.8 Å². The number of aromatic nitrogens is 6. The maximum absolute atomic E-state index is 13.4. The van der Waals surface area contributed by atoms with Crippen LogP contribution in [0.3, 0.4) is 0 Å². The van der Waals surface area contributed by atoms with Gasteiger partial charge in [0, 0.05) is 48.5 Å². The fourth-order valence-corrected chi connectivity index (χ4v) is 5.88. The zero-order chi connectivity index (χ0) is 24.6. The van der Waals surface area contributed by atoms with Gasteiger partial charge in [-0.2, -0.15) is 5.10 Å². The number of pyridine rings is 1. The van der Waals surface area contributed by atoms with Gasteiger partial charge in [-0.25, -0.2) is 9.97 Å². The summed E-state index contributed by atoms with van der Waals surface area (Å²) in [6, 6.07) is 5.68. The average molecular weight is 487 g/mol. The van der Waals surface area contributed by atoms with Crippen molar-refractivity contribution in [2.45, 2.75) is 89.9 Å². The summed E-state index contributed by atoms with van der Waals surface area (Å²) >= 11 is 0. The minimum absolute atomic E-state index is 0.258. The van der Waals surface area contributed by atoms with Crippen molar-refractivity contribution >= 4 is 39.6 Å². The second kappa shape index (κ2) is 8.08. The lowest BCUT2D eigenvalue weighted by Crippen LogP contribution is -2.36. The first-order chi connectivity index (χ1) is 17.5. The number of carbonyl (C=O) groups is 1. The first kappa shape index (κ1) is 21.9. The van der Waals surface area contributed by atoms with E-state index in [9.17, 15) is 4.79 Å². The number of anilines is 2. The molecule has 3 aliphatic carbocycles. The second-order valence-corrected chi connectivity index (χ2v) is 10.9. The Morgan fingerprint density at radius 3 is 2.53 bits per heavy atom. The van der Waals surface area contributed by atoms with E-state index < -0.39 is 0 Å². The number of rotatable bonds is 8. The molecule has 0 bridgehead atoms. The molecule has 3 aliphatic rings. The van der Waals surface area contributed by atoms with Crippen LogP contribution in [0.15, 0.2) is 18.5 Å². The summed E-state index contributed by atoms with van der Waals surface area (Å²) in [6.07, 6.45) is 10.5. The van der Waals surface area contributed by atoms with Gasteiger partial charge in [0.15, 0.2) is 11.6 Å². The lowest BCUT2D eigenvalue weighted by molar-refractivity contribution is -0.131. The Hall–Kier alpha value is -3.36. The SMILES string of the molecule is CCn1c(CC(=O)N(C2CC2)C2CC2)cc2c3c(ncn3C)c(Nc3cc(C)n(C4CCC4)n3)nc21. The first-order valence-corrected chi connectivity index (χ1v) is 13.5. The highest BCUT2D eigenvalue weighted by molar-refractivity contribution is 6.07. The number of hydrogen-bond donors (Lipinski definition) is 1. The largest absolute Gasteiger partial charge is 0.336 e. The summed E-state index contributed by atoms with van der Waals surface area (Å²) in [5, 5.41) is 9.36. The minimum atomic E-state index is 0.258. The van der Waals surface area contributed by atoms with Crippen LogP contribution in [0.5, 0.6) is 0 Å². The highest BCUT2D eigenvalue weighted by atomic mass is 16.2. The molecular formula is C27H34N8O. The molecule has 36 heavy (non-hydrogen) atoms. The fourth-order valence-electron chi connectivity index (χ4n) is 5.88. The molecule has 0 atom stereocenters. The summed E-state index contributed by atoms with van der Waals surface area (Å²) in [4.78, 5) is 25.3. The number of nitrogens with zero attached hydrogens (tertiary/aromatic N) is 7. The van der Waals surface area contributed by atoms with Crippen LogP contribution in [-0.2, 0) is 24.8 Å². The number of amides is 1. The molecule has 0 radical (unpaired) electrons. The van der Waals surface area contributed by atoms with Gasteiger partial charge < -0.3 is 19.4 Å². The molecule has 4 heterocycles. The Labute approximate surface area is 210 Å². The molecule has 0 saturated heterocycles. The predicted molar refractivity (Wildman–Crippen MR) is 139 cm³/mol. The molecule has 9 nitrogen and oxygen atoms in total. The molecule has 9 heteroatoms. The van der Waals surface area contributed by atoms with E-state index in [1.807, 2.05) is 13.4 Å².